The molecule has 156 valence electrons. The molecule has 1 aromatic carbocycles. The van der Waals surface area contributed by atoms with Crippen molar-refractivity contribution in [2.24, 2.45) is 5.73 Å². The number of likely N-dealkylation sites (N-methyl/N-ethyl adjacent to an activating group) is 1. The minimum Gasteiger partial charge on any atom is -0.388 e. The normalized spacial score (nSPS) is 15.9. The van der Waals surface area contributed by atoms with Gasteiger partial charge < -0.3 is 20.6 Å². The number of piperidine rings is 1. The summed E-state index contributed by atoms with van der Waals surface area (Å²) in [6.07, 6.45) is 4.71. The summed E-state index contributed by atoms with van der Waals surface area (Å²) in [6, 6.07) is 13.1. The second-order valence-corrected chi connectivity index (χ2v) is 7.98. The summed E-state index contributed by atoms with van der Waals surface area (Å²) in [5.74, 6) is -0.106. The fraction of sp³-hybridized carbons (Fsp3) is 0.348. The monoisotopic (exact) mass is 405 g/mol. The van der Waals surface area contributed by atoms with Crippen LogP contribution in [0, 0.1) is 0 Å². The molecule has 0 aliphatic carbocycles. The first-order chi connectivity index (χ1) is 14.5. The van der Waals surface area contributed by atoms with Crippen LogP contribution < -0.4 is 10.6 Å². The second-order valence-electron chi connectivity index (χ2n) is 7.98. The standard InChI is InChI=1S/C23H27N5O2/c1-27(22(29)18-5-2-4-17(14-18)15-24)16-23(30)8-12-28(13-9-23)20-7-11-25-19-6-3-10-26-21(19)20/h2-7,10-11,14,30H,8-9,12-13,15-16,24H2,1H3. The molecule has 1 aliphatic heterocycles. The van der Waals surface area contributed by atoms with Gasteiger partial charge in [-0.25, -0.2) is 0 Å². The predicted octanol–water partition coefficient (Wildman–Crippen LogP) is 2.19. The van der Waals surface area contributed by atoms with Crippen molar-refractivity contribution in [1.29, 1.82) is 0 Å². The highest BCUT2D eigenvalue weighted by atomic mass is 16.3. The number of rotatable bonds is 5. The Labute approximate surface area is 176 Å². The predicted molar refractivity (Wildman–Crippen MR) is 117 cm³/mol. The first kappa shape index (κ1) is 20.3. The van der Waals surface area contributed by atoms with E-state index >= 15 is 0 Å². The molecule has 3 aromatic rings. The fourth-order valence-corrected chi connectivity index (χ4v) is 4.11. The Morgan fingerprint density at radius 2 is 1.97 bits per heavy atom. The van der Waals surface area contributed by atoms with Crippen molar-refractivity contribution in [3.05, 3.63) is 66.0 Å². The molecule has 2 aromatic heterocycles. The summed E-state index contributed by atoms with van der Waals surface area (Å²) in [4.78, 5) is 25.5. The Hall–Kier alpha value is -3.03. The van der Waals surface area contributed by atoms with Gasteiger partial charge in [-0.15, -0.1) is 0 Å². The lowest BCUT2D eigenvalue weighted by molar-refractivity contribution is -0.00799. The van der Waals surface area contributed by atoms with E-state index in [0.29, 0.717) is 44.6 Å². The third-order valence-electron chi connectivity index (χ3n) is 5.80. The highest BCUT2D eigenvalue weighted by molar-refractivity contribution is 5.94. The second kappa shape index (κ2) is 8.38. The Bertz CT molecular complexity index is 1040. The average molecular weight is 406 g/mol. The van der Waals surface area contributed by atoms with Crippen LogP contribution >= 0.6 is 0 Å². The smallest absolute Gasteiger partial charge is 0.253 e. The first-order valence-electron chi connectivity index (χ1n) is 10.2. The van der Waals surface area contributed by atoms with Crippen molar-refractivity contribution in [1.82, 2.24) is 14.9 Å². The molecular weight excluding hydrogens is 378 g/mol. The van der Waals surface area contributed by atoms with Crippen LogP contribution in [0.15, 0.2) is 54.9 Å². The van der Waals surface area contributed by atoms with E-state index in [9.17, 15) is 9.90 Å². The van der Waals surface area contributed by atoms with Gasteiger partial charge in [0.15, 0.2) is 0 Å². The van der Waals surface area contributed by atoms with Crippen LogP contribution in [0.1, 0.15) is 28.8 Å². The molecule has 7 nitrogen and oxygen atoms in total. The van der Waals surface area contributed by atoms with Gasteiger partial charge in [-0.1, -0.05) is 12.1 Å². The number of benzene rings is 1. The number of nitrogens with two attached hydrogens (primary N) is 1. The zero-order valence-corrected chi connectivity index (χ0v) is 17.2. The number of carbonyl (C=O) groups excluding carboxylic acids is 1. The van der Waals surface area contributed by atoms with Crippen molar-refractivity contribution >= 4 is 22.6 Å². The number of hydrogen-bond acceptors (Lipinski definition) is 6. The van der Waals surface area contributed by atoms with E-state index < -0.39 is 5.60 Å². The average Bonchev–Trinajstić information content (AvgIpc) is 2.78. The van der Waals surface area contributed by atoms with Crippen LogP contribution in [0.2, 0.25) is 0 Å². The van der Waals surface area contributed by atoms with E-state index in [1.165, 1.54) is 0 Å². The van der Waals surface area contributed by atoms with Gasteiger partial charge in [0.25, 0.3) is 5.91 Å². The third kappa shape index (κ3) is 4.13. The number of aliphatic hydroxyl groups is 1. The molecule has 1 amide bonds. The lowest BCUT2D eigenvalue weighted by atomic mass is 9.90. The molecule has 0 atom stereocenters. The van der Waals surface area contributed by atoms with Gasteiger partial charge in [-0.2, -0.15) is 0 Å². The molecule has 1 fully saturated rings. The number of anilines is 1. The molecule has 7 heteroatoms. The molecule has 0 saturated carbocycles. The SMILES string of the molecule is CN(CC1(O)CCN(c2ccnc3cccnc23)CC1)C(=O)c1cccc(CN)c1. The van der Waals surface area contributed by atoms with Gasteiger partial charge in [-0.05, 0) is 48.7 Å². The highest BCUT2D eigenvalue weighted by Gasteiger charge is 2.35. The number of aromatic nitrogens is 2. The van der Waals surface area contributed by atoms with Gasteiger partial charge in [-0.3, -0.25) is 14.8 Å². The van der Waals surface area contributed by atoms with Gasteiger partial charge >= 0.3 is 0 Å². The topological polar surface area (TPSA) is 95.6 Å². The number of fused-ring (bicyclic) bond motifs is 1. The van der Waals surface area contributed by atoms with E-state index in [0.717, 1.165) is 22.3 Å². The molecule has 0 radical (unpaired) electrons. The van der Waals surface area contributed by atoms with Crippen LogP contribution in [-0.2, 0) is 6.54 Å². The summed E-state index contributed by atoms with van der Waals surface area (Å²) >= 11 is 0. The van der Waals surface area contributed by atoms with Crippen molar-refractivity contribution in [3.8, 4) is 0 Å². The van der Waals surface area contributed by atoms with Crippen molar-refractivity contribution in [2.45, 2.75) is 25.0 Å². The lowest BCUT2D eigenvalue weighted by Crippen LogP contribution is -2.51. The highest BCUT2D eigenvalue weighted by Crippen LogP contribution is 2.30. The van der Waals surface area contributed by atoms with Crippen LogP contribution in [-0.4, -0.2) is 58.2 Å². The quantitative estimate of drug-likeness (QED) is 0.676. The van der Waals surface area contributed by atoms with E-state index in [-0.39, 0.29) is 5.91 Å². The van der Waals surface area contributed by atoms with Crippen LogP contribution in [0.25, 0.3) is 11.0 Å². The number of carbonyl (C=O) groups is 1. The minimum atomic E-state index is -0.914. The zero-order chi connectivity index (χ0) is 21.1. The molecule has 4 rings (SSSR count). The largest absolute Gasteiger partial charge is 0.388 e. The molecule has 0 spiro atoms. The van der Waals surface area contributed by atoms with Crippen LogP contribution in [0.4, 0.5) is 5.69 Å². The number of nitrogens with zero attached hydrogens (tertiary/aromatic N) is 4. The van der Waals surface area contributed by atoms with E-state index in [4.69, 9.17) is 5.73 Å². The number of pyridine rings is 2. The summed E-state index contributed by atoms with van der Waals surface area (Å²) in [5.41, 5.74) is 9.05. The summed E-state index contributed by atoms with van der Waals surface area (Å²) in [5, 5.41) is 11.1. The molecule has 3 heterocycles. The number of amides is 1. The third-order valence-corrected chi connectivity index (χ3v) is 5.80. The molecule has 1 aliphatic rings. The summed E-state index contributed by atoms with van der Waals surface area (Å²) in [6.45, 7) is 2.07. The van der Waals surface area contributed by atoms with E-state index in [1.54, 1.807) is 30.4 Å². The first-order valence-corrected chi connectivity index (χ1v) is 10.2. The lowest BCUT2D eigenvalue weighted by Gasteiger charge is -2.41. The van der Waals surface area contributed by atoms with Crippen molar-refractivity contribution in [3.63, 3.8) is 0 Å². The van der Waals surface area contributed by atoms with Gasteiger partial charge in [0, 0.05) is 51.2 Å². The van der Waals surface area contributed by atoms with Crippen LogP contribution in [0.3, 0.4) is 0 Å². The zero-order valence-electron chi connectivity index (χ0n) is 17.2. The van der Waals surface area contributed by atoms with E-state index in [2.05, 4.69) is 14.9 Å². The summed E-state index contributed by atoms with van der Waals surface area (Å²) in [7, 11) is 1.74. The van der Waals surface area contributed by atoms with Crippen LogP contribution in [0.5, 0.6) is 0 Å². The fourth-order valence-electron chi connectivity index (χ4n) is 4.11. The van der Waals surface area contributed by atoms with Gasteiger partial charge in [0.1, 0.15) is 5.52 Å². The molecular formula is C23H27N5O2. The minimum absolute atomic E-state index is 0.106. The maximum atomic E-state index is 12.8. The summed E-state index contributed by atoms with van der Waals surface area (Å²) < 4.78 is 0. The molecule has 30 heavy (non-hydrogen) atoms. The molecule has 0 unspecified atom stereocenters. The molecule has 1 saturated heterocycles. The van der Waals surface area contributed by atoms with Gasteiger partial charge in [0.2, 0.25) is 0 Å². The maximum Gasteiger partial charge on any atom is 0.253 e. The molecule has 0 bridgehead atoms. The van der Waals surface area contributed by atoms with Crippen molar-refractivity contribution < 1.29 is 9.90 Å². The number of hydrogen-bond donors (Lipinski definition) is 2. The van der Waals surface area contributed by atoms with E-state index in [1.807, 2.05) is 36.4 Å². The molecule has 3 N–H and O–H groups in total. The van der Waals surface area contributed by atoms with Gasteiger partial charge in [0.05, 0.1) is 16.8 Å². The van der Waals surface area contributed by atoms with Crippen molar-refractivity contribution in [2.75, 3.05) is 31.6 Å². The Morgan fingerprint density at radius 1 is 1.17 bits per heavy atom. The Balaban J connectivity index is 1.42. The maximum absolute atomic E-state index is 12.8. The Kier molecular flexibility index (Phi) is 5.65. The Morgan fingerprint density at radius 3 is 2.73 bits per heavy atom.